The van der Waals surface area contributed by atoms with Crippen molar-refractivity contribution in [3.63, 3.8) is 0 Å². The summed E-state index contributed by atoms with van der Waals surface area (Å²) in [5.74, 6) is 0.00168. The van der Waals surface area contributed by atoms with E-state index in [0.717, 1.165) is 18.7 Å². The van der Waals surface area contributed by atoms with Crippen molar-refractivity contribution in [2.24, 2.45) is 0 Å². The van der Waals surface area contributed by atoms with Crippen LogP contribution in [0.3, 0.4) is 0 Å². The van der Waals surface area contributed by atoms with Crippen LogP contribution in [0.15, 0.2) is 24.9 Å². The molecule has 0 saturated carbocycles. The third kappa shape index (κ3) is 2.45. The topological polar surface area (TPSA) is 33.2 Å². The van der Waals surface area contributed by atoms with Crippen LogP contribution in [0, 0.1) is 0 Å². The Kier molecular flexibility index (Phi) is 3.24. The van der Waals surface area contributed by atoms with Crippen LogP contribution in [0.4, 0.5) is 0 Å². The lowest BCUT2D eigenvalue weighted by Gasteiger charge is -2.29. The summed E-state index contributed by atoms with van der Waals surface area (Å²) in [5.41, 5.74) is 3.60. The van der Waals surface area contributed by atoms with Gasteiger partial charge in [0.15, 0.2) is 0 Å². The van der Waals surface area contributed by atoms with Gasteiger partial charge in [-0.05, 0) is 22.6 Å². The molecule has 2 heterocycles. The highest BCUT2D eigenvalue weighted by Gasteiger charge is 2.22. The third-order valence-electron chi connectivity index (χ3n) is 3.39. The Labute approximate surface area is 109 Å². The summed E-state index contributed by atoms with van der Waals surface area (Å²) >= 11 is 0. The second kappa shape index (κ2) is 4.56. The maximum Gasteiger partial charge on any atom is 0.246 e. The van der Waals surface area contributed by atoms with Crippen LogP contribution in [0.5, 0.6) is 0 Å². The number of hydrogen-bond acceptors (Lipinski definition) is 2. The Hall–Kier alpha value is -1.64. The number of pyridine rings is 1. The minimum atomic E-state index is 0.00168. The van der Waals surface area contributed by atoms with Crippen LogP contribution in [0.25, 0.3) is 0 Å². The van der Waals surface area contributed by atoms with Gasteiger partial charge < -0.3 is 4.90 Å². The monoisotopic (exact) mass is 244 g/mol. The number of amides is 1. The summed E-state index contributed by atoms with van der Waals surface area (Å²) in [4.78, 5) is 18.0. The van der Waals surface area contributed by atoms with Crippen LogP contribution in [0.1, 0.15) is 37.6 Å². The smallest absolute Gasteiger partial charge is 0.246 e. The van der Waals surface area contributed by atoms with Crippen molar-refractivity contribution in [3.05, 3.63) is 41.7 Å². The number of fused-ring (bicyclic) bond motifs is 1. The fourth-order valence-corrected chi connectivity index (χ4v) is 2.15. The maximum atomic E-state index is 11.6. The van der Waals surface area contributed by atoms with Gasteiger partial charge in [0, 0.05) is 31.4 Å². The van der Waals surface area contributed by atoms with Gasteiger partial charge in [-0.3, -0.25) is 9.78 Å². The molecule has 0 bridgehead atoms. The summed E-state index contributed by atoms with van der Waals surface area (Å²) in [7, 11) is 0. The van der Waals surface area contributed by atoms with E-state index in [9.17, 15) is 4.79 Å². The number of carbonyl (C=O) groups is 1. The number of rotatable bonds is 1. The Morgan fingerprint density at radius 2 is 2.22 bits per heavy atom. The van der Waals surface area contributed by atoms with Crippen LogP contribution < -0.4 is 0 Å². The van der Waals surface area contributed by atoms with E-state index < -0.39 is 0 Å². The van der Waals surface area contributed by atoms with Crippen LogP contribution in [0.2, 0.25) is 0 Å². The molecule has 2 rings (SSSR count). The van der Waals surface area contributed by atoms with Crippen molar-refractivity contribution < 1.29 is 4.79 Å². The van der Waals surface area contributed by atoms with Gasteiger partial charge >= 0.3 is 0 Å². The number of hydrogen-bond donors (Lipinski definition) is 0. The summed E-state index contributed by atoms with van der Waals surface area (Å²) < 4.78 is 0. The molecule has 0 unspecified atom stereocenters. The maximum absolute atomic E-state index is 11.6. The van der Waals surface area contributed by atoms with Gasteiger partial charge in [-0.15, -0.1) is 0 Å². The van der Waals surface area contributed by atoms with E-state index in [1.165, 1.54) is 17.2 Å². The molecule has 18 heavy (non-hydrogen) atoms. The van der Waals surface area contributed by atoms with Gasteiger partial charge in [-0.2, -0.15) is 0 Å². The van der Waals surface area contributed by atoms with Gasteiger partial charge in [-0.25, -0.2) is 0 Å². The van der Waals surface area contributed by atoms with Gasteiger partial charge in [0.1, 0.15) is 0 Å². The van der Waals surface area contributed by atoms with Gasteiger partial charge in [0.05, 0.1) is 0 Å². The highest BCUT2D eigenvalue weighted by atomic mass is 16.2. The quantitative estimate of drug-likeness (QED) is 0.711. The first-order valence-electron chi connectivity index (χ1n) is 6.31. The molecule has 1 aliphatic rings. The molecule has 1 aromatic heterocycles. The molecule has 0 aliphatic carbocycles. The Balaban J connectivity index is 2.30. The fraction of sp³-hybridized carbons (Fsp3) is 0.467. The first kappa shape index (κ1) is 12.8. The van der Waals surface area contributed by atoms with E-state index >= 15 is 0 Å². The molecule has 0 fully saturated rings. The molecule has 1 aromatic rings. The van der Waals surface area contributed by atoms with Crippen molar-refractivity contribution in [1.29, 1.82) is 0 Å². The number of aromatic nitrogens is 1. The van der Waals surface area contributed by atoms with Crippen molar-refractivity contribution in [1.82, 2.24) is 9.88 Å². The minimum Gasteiger partial charge on any atom is -0.334 e. The second-order valence-corrected chi connectivity index (χ2v) is 5.79. The van der Waals surface area contributed by atoms with E-state index in [0.29, 0.717) is 6.54 Å². The van der Waals surface area contributed by atoms with Crippen LogP contribution in [-0.2, 0) is 23.2 Å². The van der Waals surface area contributed by atoms with Crippen molar-refractivity contribution in [2.45, 2.75) is 39.2 Å². The van der Waals surface area contributed by atoms with E-state index in [-0.39, 0.29) is 11.3 Å². The molecule has 1 aliphatic heterocycles. The Bertz CT molecular complexity index is 486. The highest BCUT2D eigenvalue weighted by Crippen LogP contribution is 2.26. The third-order valence-corrected chi connectivity index (χ3v) is 3.39. The molecule has 0 saturated heterocycles. The lowest BCUT2D eigenvalue weighted by Crippen LogP contribution is -2.35. The normalized spacial score (nSPS) is 15.2. The molecule has 96 valence electrons. The van der Waals surface area contributed by atoms with Crippen molar-refractivity contribution in [3.8, 4) is 0 Å². The summed E-state index contributed by atoms with van der Waals surface area (Å²) in [6.45, 7) is 11.4. The SMILES string of the molecule is C=CC(=O)N1CCc2ncc(C(C)(C)C)cc2C1. The van der Waals surface area contributed by atoms with Gasteiger partial charge in [-0.1, -0.05) is 33.4 Å². The average molecular weight is 244 g/mol. The average Bonchev–Trinajstić information content (AvgIpc) is 2.35. The van der Waals surface area contributed by atoms with Crippen LogP contribution >= 0.6 is 0 Å². The lowest BCUT2D eigenvalue weighted by molar-refractivity contribution is -0.126. The van der Waals surface area contributed by atoms with E-state index in [4.69, 9.17) is 0 Å². The highest BCUT2D eigenvalue weighted by molar-refractivity contribution is 5.87. The molecule has 0 spiro atoms. The first-order chi connectivity index (χ1) is 8.41. The van der Waals surface area contributed by atoms with E-state index in [1.807, 2.05) is 11.1 Å². The molecular formula is C15H20N2O. The van der Waals surface area contributed by atoms with E-state index in [1.54, 1.807) is 0 Å². The molecule has 0 atom stereocenters. The largest absolute Gasteiger partial charge is 0.334 e. The predicted octanol–water partition coefficient (Wildman–Crippen LogP) is 2.45. The van der Waals surface area contributed by atoms with Gasteiger partial charge in [0.2, 0.25) is 5.91 Å². The molecule has 0 N–H and O–H groups in total. The predicted molar refractivity (Wildman–Crippen MR) is 72.3 cm³/mol. The molecule has 3 heteroatoms. The molecule has 0 radical (unpaired) electrons. The molecular weight excluding hydrogens is 224 g/mol. The zero-order valence-corrected chi connectivity index (χ0v) is 11.4. The molecule has 1 amide bonds. The van der Waals surface area contributed by atoms with Crippen LogP contribution in [-0.4, -0.2) is 22.3 Å². The van der Waals surface area contributed by atoms with Crippen molar-refractivity contribution in [2.75, 3.05) is 6.54 Å². The molecule has 0 aromatic carbocycles. The summed E-state index contributed by atoms with van der Waals surface area (Å²) in [6.07, 6.45) is 4.18. The standard InChI is InChI=1S/C15H20N2O/c1-5-14(18)17-7-6-13-11(10-17)8-12(9-16-13)15(2,3)4/h5,8-9H,1,6-7,10H2,2-4H3. The number of carbonyl (C=O) groups excluding carboxylic acids is 1. The number of nitrogens with zero attached hydrogens (tertiary/aromatic N) is 2. The Morgan fingerprint density at radius 1 is 1.50 bits per heavy atom. The lowest BCUT2D eigenvalue weighted by atomic mass is 9.86. The van der Waals surface area contributed by atoms with E-state index in [2.05, 4.69) is 38.4 Å². The zero-order chi connectivity index (χ0) is 13.3. The van der Waals surface area contributed by atoms with Gasteiger partial charge in [0.25, 0.3) is 0 Å². The zero-order valence-electron chi connectivity index (χ0n) is 11.4. The summed E-state index contributed by atoms with van der Waals surface area (Å²) in [5, 5.41) is 0. The summed E-state index contributed by atoms with van der Waals surface area (Å²) in [6, 6.07) is 2.19. The first-order valence-corrected chi connectivity index (χ1v) is 6.31. The minimum absolute atomic E-state index is 0.00168. The second-order valence-electron chi connectivity index (χ2n) is 5.79. The Morgan fingerprint density at radius 3 is 2.83 bits per heavy atom. The molecule has 3 nitrogen and oxygen atoms in total. The fourth-order valence-electron chi connectivity index (χ4n) is 2.15. The van der Waals surface area contributed by atoms with Crippen molar-refractivity contribution >= 4 is 5.91 Å².